The summed E-state index contributed by atoms with van der Waals surface area (Å²) < 4.78 is 10.7. The fourth-order valence-electron chi connectivity index (χ4n) is 0.732. The lowest BCUT2D eigenvalue weighted by molar-refractivity contribution is 0.204. The van der Waals surface area contributed by atoms with E-state index in [1.54, 1.807) is 0 Å². The number of ether oxygens (including phenoxy) is 1. The predicted molar refractivity (Wildman–Crippen MR) is 48.5 cm³/mol. The Morgan fingerprint density at radius 3 is 2.50 bits per heavy atom. The van der Waals surface area contributed by atoms with Crippen LogP contribution in [0.1, 0.15) is 13.3 Å². The zero-order chi connectivity index (χ0) is 7.78. The summed E-state index contributed by atoms with van der Waals surface area (Å²) in [5.41, 5.74) is 0. The van der Waals surface area contributed by atoms with Crippen LogP contribution in [0.25, 0.3) is 0 Å². The minimum Gasteiger partial charge on any atom is -0.340 e. The molecule has 1 aliphatic rings. The van der Waals surface area contributed by atoms with Crippen LogP contribution in [0.5, 0.6) is 0 Å². The summed E-state index contributed by atoms with van der Waals surface area (Å²) >= 11 is 4.29. The van der Waals surface area contributed by atoms with Gasteiger partial charge >= 0.3 is 0 Å². The summed E-state index contributed by atoms with van der Waals surface area (Å²) in [5, 5.41) is 0. The van der Waals surface area contributed by atoms with E-state index in [-0.39, 0.29) is 6.29 Å². The molecule has 1 saturated heterocycles. The molecule has 0 bridgehead atoms. The molecule has 10 heavy (non-hydrogen) atoms. The van der Waals surface area contributed by atoms with Crippen LogP contribution in [0.15, 0.2) is 0 Å². The highest BCUT2D eigenvalue weighted by Crippen LogP contribution is 2.50. The van der Waals surface area contributed by atoms with Gasteiger partial charge in [0.15, 0.2) is 6.29 Å². The van der Waals surface area contributed by atoms with Crippen LogP contribution in [0.2, 0.25) is 0 Å². The maximum Gasteiger partial charge on any atom is 0.196 e. The summed E-state index contributed by atoms with van der Waals surface area (Å²) in [6, 6.07) is 0. The Kier molecular flexibility index (Phi) is 2.55. The van der Waals surface area contributed by atoms with E-state index in [9.17, 15) is 0 Å². The maximum atomic E-state index is 5.48. The molecule has 0 N–H and O–H groups in total. The van der Waals surface area contributed by atoms with Crippen molar-refractivity contribution in [3.05, 3.63) is 0 Å². The van der Waals surface area contributed by atoms with E-state index < -0.39 is 9.34 Å². The van der Waals surface area contributed by atoms with E-state index >= 15 is 0 Å². The number of epoxide rings is 1. The van der Waals surface area contributed by atoms with Gasteiger partial charge in [0.2, 0.25) is 0 Å². The van der Waals surface area contributed by atoms with E-state index in [1.807, 2.05) is 12.5 Å². The third-order valence-electron chi connectivity index (χ3n) is 1.27. The maximum absolute atomic E-state index is 5.48. The Balaban J connectivity index is 2.18. The number of rotatable bonds is 3. The Hall–Kier alpha value is 0.620. The molecule has 1 fully saturated rings. The molecule has 1 heterocycles. The van der Waals surface area contributed by atoms with Crippen molar-refractivity contribution in [2.45, 2.75) is 25.7 Å². The van der Waals surface area contributed by atoms with Crippen LogP contribution in [0.3, 0.4) is 0 Å². The van der Waals surface area contributed by atoms with Crippen molar-refractivity contribution in [2.24, 2.45) is 0 Å². The molecule has 0 radical (unpaired) electrons. The Morgan fingerprint density at radius 2 is 2.20 bits per heavy atom. The van der Waals surface area contributed by atoms with Gasteiger partial charge in [0.25, 0.3) is 0 Å². The van der Waals surface area contributed by atoms with Crippen LogP contribution in [-0.2, 0) is 8.92 Å². The average molecular weight is 182 g/mol. The molecule has 0 aromatic rings. The first-order valence-electron chi connectivity index (χ1n) is 3.32. The van der Waals surface area contributed by atoms with E-state index in [4.69, 9.17) is 8.92 Å². The molecule has 2 unspecified atom stereocenters. The second-order valence-corrected chi connectivity index (χ2v) is 7.92. The van der Waals surface area contributed by atoms with E-state index in [1.165, 1.54) is 0 Å². The lowest BCUT2D eigenvalue weighted by Crippen LogP contribution is -2.00. The number of thiol groups is 1. The fraction of sp³-hybridized carbons (Fsp3) is 1.00. The second kappa shape index (κ2) is 2.93. The number of hydrogen-bond acceptors (Lipinski definition) is 3. The zero-order valence-corrected chi connectivity index (χ0v) is 8.24. The van der Waals surface area contributed by atoms with Gasteiger partial charge in [-0.25, -0.2) is 0 Å². The lowest BCUT2D eigenvalue weighted by Gasteiger charge is -2.22. The SMILES string of the molecule is CCC1OC1OS(C)(C)S. The zero-order valence-electron chi connectivity index (χ0n) is 6.53. The molecule has 4 heteroatoms. The van der Waals surface area contributed by atoms with Crippen LogP contribution in [0.4, 0.5) is 0 Å². The minimum absolute atomic E-state index is 0.0347. The molecule has 0 amide bonds. The van der Waals surface area contributed by atoms with Crippen LogP contribution in [-0.4, -0.2) is 24.9 Å². The third kappa shape index (κ3) is 2.70. The molecule has 0 aromatic heterocycles. The van der Waals surface area contributed by atoms with Crippen molar-refractivity contribution in [2.75, 3.05) is 12.5 Å². The first-order chi connectivity index (χ1) is 4.53. The van der Waals surface area contributed by atoms with Crippen LogP contribution in [0, 0.1) is 0 Å². The van der Waals surface area contributed by atoms with Gasteiger partial charge in [0.1, 0.15) is 6.10 Å². The fourth-order valence-corrected chi connectivity index (χ4v) is 1.62. The van der Waals surface area contributed by atoms with Crippen molar-refractivity contribution in [3.63, 3.8) is 0 Å². The third-order valence-corrected chi connectivity index (χ3v) is 2.19. The van der Waals surface area contributed by atoms with Gasteiger partial charge in [0.05, 0.1) is 0 Å². The molecule has 1 rings (SSSR count). The Bertz CT molecular complexity index is 121. The monoisotopic (exact) mass is 182 g/mol. The summed E-state index contributed by atoms with van der Waals surface area (Å²) in [6.07, 6.45) is 5.38. The van der Waals surface area contributed by atoms with Crippen LogP contribution >= 0.6 is 21.0 Å². The van der Waals surface area contributed by atoms with Gasteiger partial charge in [-0.2, -0.15) is 0 Å². The van der Waals surface area contributed by atoms with Gasteiger partial charge in [-0.15, -0.1) is 11.7 Å². The first-order valence-corrected chi connectivity index (χ1v) is 6.75. The first kappa shape index (κ1) is 8.71. The van der Waals surface area contributed by atoms with Crippen molar-refractivity contribution in [3.8, 4) is 0 Å². The second-order valence-electron chi connectivity index (χ2n) is 2.73. The predicted octanol–water partition coefficient (Wildman–Crippen LogP) is 1.96. The molecule has 62 valence electrons. The van der Waals surface area contributed by atoms with Gasteiger partial charge < -0.3 is 4.74 Å². The number of hydrogen-bond donors (Lipinski definition) is 1. The molecule has 0 saturated carbocycles. The summed E-state index contributed by atoms with van der Waals surface area (Å²) in [4.78, 5) is 0. The summed E-state index contributed by atoms with van der Waals surface area (Å²) in [6.45, 7) is 2.09. The highest BCUT2D eigenvalue weighted by atomic mass is 33.1. The highest BCUT2D eigenvalue weighted by molar-refractivity contribution is 8.85. The van der Waals surface area contributed by atoms with Gasteiger partial charge in [-0.1, -0.05) is 16.3 Å². The van der Waals surface area contributed by atoms with Crippen molar-refractivity contribution < 1.29 is 8.92 Å². The minimum atomic E-state index is -1.13. The molecule has 0 aromatic carbocycles. The molecule has 0 spiro atoms. The van der Waals surface area contributed by atoms with Crippen molar-refractivity contribution in [1.82, 2.24) is 0 Å². The molecule has 2 atom stereocenters. The highest BCUT2D eigenvalue weighted by Gasteiger charge is 2.40. The topological polar surface area (TPSA) is 21.8 Å². The average Bonchev–Trinajstić information content (AvgIpc) is 2.42. The normalized spacial score (nSPS) is 34.0. The van der Waals surface area contributed by atoms with Crippen LogP contribution < -0.4 is 0 Å². The summed E-state index contributed by atoms with van der Waals surface area (Å²) in [7, 11) is -1.13. The summed E-state index contributed by atoms with van der Waals surface area (Å²) in [5.74, 6) is 0. The Labute approximate surface area is 68.6 Å². The molecule has 0 aliphatic carbocycles. The van der Waals surface area contributed by atoms with E-state index in [0.717, 1.165) is 6.42 Å². The van der Waals surface area contributed by atoms with E-state index in [2.05, 4.69) is 18.6 Å². The van der Waals surface area contributed by atoms with Gasteiger partial charge in [-0.3, -0.25) is 4.18 Å². The van der Waals surface area contributed by atoms with Gasteiger partial charge in [0, 0.05) is 0 Å². The van der Waals surface area contributed by atoms with Gasteiger partial charge in [-0.05, 0) is 18.9 Å². The smallest absolute Gasteiger partial charge is 0.196 e. The molecule has 2 nitrogen and oxygen atoms in total. The molecule has 1 aliphatic heterocycles. The molecular formula is C6H14O2S2. The largest absolute Gasteiger partial charge is 0.340 e. The van der Waals surface area contributed by atoms with Crippen molar-refractivity contribution >= 4 is 21.0 Å². The van der Waals surface area contributed by atoms with Crippen molar-refractivity contribution in [1.29, 1.82) is 0 Å². The lowest BCUT2D eigenvalue weighted by atomic mass is 10.4. The molecular weight excluding hydrogens is 168 g/mol. The Morgan fingerprint density at radius 1 is 1.60 bits per heavy atom. The quantitative estimate of drug-likeness (QED) is 0.409. The van der Waals surface area contributed by atoms with E-state index in [0.29, 0.717) is 6.10 Å². The standard InChI is InChI=1S/C6H14O2S2/c1-4-5-6(7-5)8-10(2,3)9/h5-6,9H,4H2,1-3H3.